The van der Waals surface area contributed by atoms with Crippen LogP contribution in [0.3, 0.4) is 0 Å². The van der Waals surface area contributed by atoms with Crippen LogP contribution in [0.4, 0.5) is 5.82 Å². The lowest BCUT2D eigenvalue weighted by molar-refractivity contribution is -0.127. The molecule has 1 saturated carbocycles. The lowest BCUT2D eigenvalue weighted by atomic mass is 9.91. The molecule has 38 heavy (non-hydrogen) atoms. The summed E-state index contributed by atoms with van der Waals surface area (Å²) in [5, 5.41) is 17.5. The van der Waals surface area contributed by atoms with E-state index in [0.29, 0.717) is 24.8 Å². The number of ether oxygens (including phenoxy) is 1. The van der Waals surface area contributed by atoms with Crippen molar-refractivity contribution in [2.45, 2.75) is 31.6 Å². The van der Waals surface area contributed by atoms with Crippen molar-refractivity contribution in [1.82, 2.24) is 20.1 Å². The Bertz CT molecular complexity index is 1540. The summed E-state index contributed by atoms with van der Waals surface area (Å²) in [6, 6.07) is 21.6. The number of hydrogen-bond donors (Lipinski definition) is 2. The standard InChI is InChI=1S/C30H28N6O2/c31-18-22(16-19-6-7-19)30(37)36-14-12-20(13-15-36)25-17-26-27(29(32)35-34-26)28(33-25)21-8-10-24(11-9-21)38-23-4-2-1-3-5-23/h1-5,8-11,16-17,19-20H,6-7,12-15H2,(H3,32,34,35). The topological polar surface area (TPSA) is 121 Å². The number of fused-ring (bicyclic) bond motifs is 1. The third-order valence-electron chi connectivity index (χ3n) is 7.27. The molecular formula is C30H28N6O2. The van der Waals surface area contributed by atoms with Crippen molar-refractivity contribution in [2.24, 2.45) is 5.92 Å². The molecule has 0 bridgehead atoms. The van der Waals surface area contributed by atoms with Gasteiger partial charge >= 0.3 is 0 Å². The van der Waals surface area contributed by atoms with Crippen LogP contribution in [0, 0.1) is 17.2 Å². The van der Waals surface area contributed by atoms with E-state index in [9.17, 15) is 10.1 Å². The van der Waals surface area contributed by atoms with Gasteiger partial charge in [-0.05, 0) is 74.1 Å². The number of carbonyl (C=O) groups is 1. The molecule has 3 heterocycles. The Morgan fingerprint density at radius 1 is 1.05 bits per heavy atom. The summed E-state index contributed by atoms with van der Waals surface area (Å²) >= 11 is 0. The smallest absolute Gasteiger partial charge is 0.264 e. The van der Waals surface area contributed by atoms with Crippen molar-refractivity contribution in [3.05, 3.63) is 78.0 Å². The van der Waals surface area contributed by atoms with Crippen LogP contribution in [0.25, 0.3) is 22.2 Å². The van der Waals surface area contributed by atoms with E-state index in [4.69, 9.17) is 15.5 Å². The number of carbonyl (C=O) groups excluding carboxylic acids is 1. The van der Waals surface area contributed by atoms with Crippen LogP contribution >= 0.6 is 0 Å². The van der Waals surface area contributed by atoms with Crippen LogP contribution in [0.2, 0.25) is 0 Å². The first-order valence-electron chi connectivity index (χ1n) is 13.0. The molecule has 1 amide bonds. The predicted molar refractivity (Wildman–Crippen MR) is 145 cm³/mol. The summed E-state index contributed by atoms with van der Waals surface area (Å²) in [6.45, 7) is 1.19. The number of benzene rings is 2. The van der Waals surface area contributed by atoms with Gasteiger partial charge in [-0.15, -0.1) is 0 Å². The van der Waals surface area contributed by atoms with E-state index in [2.05, 4.69) is 16.3 Å². The SMILES string of the molecule is N#CC(=CC1CC1)C(=O)N1CCC(c2cc3[nH]nc(N)c3c(-c3ccc(Oc4ccccc4)cc3)n2)CC1. The fraction of sp³-hybridized carbons (Fsp3) is 0.267. The monoisotopic (exact) mass is 504 g/mol. The fourth-order valence-electron chi connectivity index (χ4n) is 5.02. The number of pyridine rings is 1. The second kappa shape index (κ2) is 10.0. The number of piperidine rings is 1. The summed E-state index contributed by atoms with van der Waals surface area (Å²) < 4.78 is 5.94. The summed E-state index contributed by atoms with van der Waals surface area (Å²) in [6.07, 6.45) is 5.53. The normalized spacial score (nSPS) is 16.4. The molecule has 2 fully saturated rings. The molecule has 1 saturated heterocycles. The van der Waals surface area contributed by atoms with Gasteiger partial charge in [-0.2, -0.15) is 10.4 Å². The highest BCUT2D eigenvalue weighted by Gasteiger charge is 2.29. The number of nitrogens with one attached hydrogen (secondary N) is 1. The molecule has 0 spiro atoms. The molecule has 8 heteroatoms. The lowest BCUT2D eigenvalue weighted by Gasteiger charge is -2.31. The second-order valence-electron chi connectivity index (χ2n) is 9.96. The van der Waals surface area contributed by atoms with Crippen LogP contribution in [0.1, 0.15) is 37.3 Å². The van der Waals surface area contributed by atoms with E-state index < -0.39 is 0 Å². The number of hydrogen-bond acceptors (Lipinski definition) is 6. The Morgan fingerprint density at radius 3 is 2.45 bits per heavy atom. The minimum Gasteiger partial charge on any atom is -0.457 e. The second-order valence-corrected chi connectivity index (χ2v) is 9.96. The number of allylic oxidation sites excluding steroid dienone is 1. The highest BCUT2D eigenvalue weighted by molar-refractivity contribution is 6.00. The molecule has 6 rings (SSSR count). The number of anilines is 1. The number of amides is 1. The number of aromatic amines is 1. The van der Waals surface area contributed by atoms with E-state index in [-0.39, 0.29) is 17.4 Å². The van der Waals surface area contributed by atoms with Crippen LogP contribution in [-0.4, -0.2) is 39.1 Å². The lowest BCUT2D eigenvalue weighted by Crippen LogP contribution is -2.38. The number of rotatable bonds is 6. The summed E-state index contributed by atoms with van der Waals surface area (Å²) in [4.78, 5) is 19.7. The highest BCUT2D eigenvalue weighted by Crippen LogP contribution is 2.36. The molecule has 4 aromatic rings. The maximum Gasteiger partial charge on any atom is 0.264 e. The number of H-pyrrole nitrogens is 1. The van der Waals surface area contributed by atoms with Crippen molar-refractivity contribution >= 4 is 22.6 Å². The van der Waals surface area contributed by atoms with Gasteiger partial charge in [0, 0.05) is 30.3 Å². The van der Waals surface area contributed by atoms with E-state index in [1.54, 1.807) is 4.90 Å². The van der Waals surface area contributed by atoms with Gasteiger partial charge in [-0.1, -0.05) is 24.3 Å². The van der Waals surface area contributed by atoms with Crippen LogP contribution in [0.15, 0.2) is 72.3 Å². The van der Waals surface area contributed by atoms with Crippen molar-refractivity contribution in [3.8, 4) is 28.8 Å². The van der Waals surface area contributed by atoms with E-state index in [1.165, 1.54) is 0 Å². The summed E-state index contributed by atoms with van der Waals surface area (Å²) in [5.41, 5.74) is 9.98. The minimum absolute atomic E-state index is 0.152. The zero-order valence-corrected chi connectivity index (χ0v) is 20.9. The molecular weight excluding hydrogens is 476 g/mol. The third kappa shape index (κ3) is 4.83. The van der Waals surface area contributed by atoms with Gasteiger partial charge in [0.1, 0.15) is 23.1 Å². The number of nitrogen functional groups attached to an aromatic ring is 1. The molecule has 1 aliphatic carbocycles. The molecule has 0 radical (unpaired) electrons. The van der Waals surface area contributed by atoms with Gasteiger partial charge in [-0.3, -0.25) is 14.9 Å². The Morgan fingerprint density at radius 2 is 1.76 bits per heavy atom. The number of likely N-dealkylation sites (tertiary alicyclic amines) is 1. The quantitative estimate of drug-likeness (QED) is 0.262. The summed E-state index contributed by atoms with van der Waals surface area (Å²) in [7, 11) is 0. The van der Waals surface area contributed by atoms with Crippen molar-refractivity contribution < 1.29 is 9.53 Å². The average molecular weight is 505 g/mol. The van der Waals surface area contributed by atoms with E-state index in [0.717, 1.165) is 65.0 Å². The van der Waals surface area contributed by atoms with Crippen LogP contribution in [-0.2, 0) is 4.79 Å². The minimum atomic E-state index is -0.152. The number of nitrogens with two attached hydrogens (primary N) is 1. The van der Waals surface area contributed by atoms with Gasteiger partial charge in [0.05, 0.1) is 16.6 Å². The molecule has 1 aliphatic heterocycles. The Kier molecular flexibility index (Phi) is 6.26. The zero-order chi connectivity index (χ0) is 26.1. The van der Waals surface area contributed by atoms with Gasteiger partial charge in [0.15, 0.2) is 5.82 Å². The molecule has 190 valence electrons. The first-order valence-corrected chi connectivity index (χ1v) is 13.0. The Hall–Kier alpha value is -4.64. The molecule has 8 nitrogen and oxygen atoms in total. The Balaban J connectivity index is 1.23. The molecule has 0 unspecified atom stereocenters. The van der Waals surface area contributed by atoms with Gasteiger partial charge < -0.3 is 15.4 Å². The van der Waals surface area contributed by atoms with Gasteiger partial charge in [0.25, 0.3) is 5.91 Å². The maximum absolute atomic E-state index is 12.9. The van der Waals surface area contributed by atoms with Crippen LogP contribution in [0.5, 0.6) is 11.5 Å². The summed E-state index contributed by atoms with van der Waals surface area (Å²) in [5.74, 6) is 2.34. The number of para-hydroxylation sites is 1. The third-order valence-corrected chi connectivity index (χ3v) is 7.27. The van der Waals surface area contributed by atoms with Gasteiger partial charge in [-0.25, -0.2) is 0 Å². The van der Waals surface area contributed by atoms with Crippen molar-refractivity contribution in [2.75, 3.05) is 18.8 Å². The first-order chi connectivity index (χ1) is 18.6. The first kappa shape index (κ1) is 23.7. The fourth-order valence-corrected chi connectivity index (χ4v) is 5.02. The molecule has 3 N–H and O–H groups in total. The molecule has 2 aliphatic rings. The molecule has 2 aromatic heterocycles. The maximum atomic E-state index is 12.9. The average Bonchev–Trinajstić information content (AvgIpc) is 3.71. The Labute approximate surface area is 220 Å². The molecule has 0 atom stereocenters. The van der Waals surface area contributed by atoms with E-state index >= 15 is 0 Å². The van der Waals surface area contributed by atoms with Crippen molar-refractivity contribution in [1.29, 1.82) is 5.26 Å². The number of nitriles is 1. The van der Waals surface area contributed by atoms with Gasteiger partial charge in [0.2, 0.25) is 0 Å². The van der Waals surface area contributed by atoms with Crippen molar-refractivity contribution in [3.63, 3.8) is 0 Å². The number of nitrogens with zero attached hydrogens (tertiary/aromatic N) is 4. The zero-order valence-electron chi connectivity index (χ0n) is 20.9. The van der Waals surface area contributed by atoms with Crippen LogP contribution < -0.4 is 10.5 Å². The highest BCUT2D eigenvalue weighted by atomic mass is 16.5. The van der Waals surface area contributed by atoms with E-state index in [1.807, 2.05) is 66.7 Å². The predicted octanol–water partition coefficient (Wildman–Crippen LogP) is 5.57. The largest absolute Gasteiger partial charge is 0.457 e. The number of aromatic nitrogens is 3. The molecule has 2 aromatic carbocycles.